The minimum absolute atomic E-state index is 0.475. The number of nitrogens with two attached hydrogens (primary N) is 1. The molecule has 0 fully saturated rings. The van der Waals surface area contributed by atoms with E-state index in [1.165, 1.54) is 0 Å². The maximum atomic E-state index is 5.71. The molecule has 2 rings (SSSR count). The molecule has 0 saturated carbocycles. The highest BCUT2D eigenvalue weighted by molar-refractivity contribution is 5.34. The molecule has 100 valence electrons. The Morgan fingerprint density at radius 2 is 1.79 bits per heavy atom. The average molecular weight is 258 g/mol. The van der Waals surface area contributed by atoms with Gasteiger partial charge in [0, 0.05) is 18.3 Å². The highest BCUT2D eigenvalue weighted by Crippen LogP contribution is 2.23. The van der Waals surface area contributed by atoms with E-state index < -0.39 is 0 Å². The van der Waals surface area contributed by atoms with Crippen LogP contribution in [0, 0.1) is 6.92 Å². The molecule has 0 bridgehead atoms. The molecule has 0 spiro atoms. The van der Waals surface area contributed by atoms with Crippen molar-refractivity contribution in [3.8, 4) is 17.4 Å². The Labute approximate surface area is 113 Å². The van der Waals surface area contributed by atoms with E-state index in [2.05, 4.69) is 4.98 Å². The lowest BCUT2D eigenvalue weighted by molar-refractivity contribution is 0.339. The van der Waals surface area contributed by atoms with E-state index in [-0.39, 0.29) is 0 Å². The van der Waals surface area contributed by atoms with Gasteiger partial charge >= 0.3 is 0 Å². The van der Waals surface area contributed by atoms with Gasteiger partial charge in [0.15, 0.2) is 0 Å². The van der Waals surface area contributed by atoms with E-state index in [0.29, 0.717) is 19.0 Å². The first kappa shape index (κ1) is 13.4. The predicted molar refractivity (Wildman–Crippen MR) is 74.6 cm³/mol. The number of pyridine rings is 1. The summed E-state index contributed by atoms with van der Waals surface area (Å²) in [6.07, 6.45) is 0. The molecule has 0 amide bonds. The van der Waals surface area contributed by atoms with E-state index in [9.17, 15) is 0 Å². The summed E-state index contributed by atoms with van der Waals surface area (Å²) in [4.78, 5) is 4.33. The molecule has 0 radical (unpaired) electrons. The van der Waals surface area contributed by atoms with Gasteiger partial charge in [-0.05, 0) is 49.7 Å². The summed E-state index contributed by atoms with van der Waals surface area (Å²) in [5.41, 5.74) is 7.53. The first-order valence-electron chi connectivity index (χ1n) is 6.29. The van der Waals surface area contributed by atoms with Crippen molar-refractivity contribution in [3.63, 3.8) is 0 Å². The molecule has 19 heavy (non-hydrogen) atoms. The molecule has 0 atom stereocenters. The van der Waals surface area contributed by atoms with Crippen LogP contribution in [0.3, 0.4) is 0 Å². The predicted octanol–water partition coefficient (Wildman–Crippen LogP) is 3.04. The minimum Gasteiger partial charge on any atom is -0.494 e. The van der Waals surface area contributed by atoms with Crippen molar-refractivity contribution in [2.45, 2.75) is 20.4 Å². The third kappa shape index (κ3) is 3.69. The van der Waals surface area contributed by atoms with Gasteiger partial charge in [-0.3, -0.25) is 0 Å². The van der Waals surface area contributed by atoms with E-state index in [1.54, 1.807) is 0 Å². The van der Waals surface area contributed by atoms with Crippen molar-refractivity contribution in [3.05, 3.63) is 47.7 Å². The topological polar surface area (TPSA) is 57.4 Å². The SMILES string of the molecule is CCOc1ccc(Oc2cc(CN)cc(C)n2)cc1. The highest BCUT2D eigenvalue weighted by atomic mass is 16.5. The first-order chi connectivity index (χ1) is 9.21. The number of aromatic nitrogens is 1. The van der Waals surface area contributed by atoms with Crippen LogP contribution in [0.1, 0.15) is 18.2 Å². The van der Waals surface area contributed by atoms with E-state index in [4.69, 9.17) is 15.2 Å². The summed E-state index contributed by atoms with van der Waals surface area (Å²) >= 11 is 0. The Balaban J connectivity index is 2.14. The molecule has 0 unspecified atom stereocenters. The van der Waals surface area contributed by atoms with Crippen molar-refractivity contribution < 1.29 is 9.47 Å². The Hall–Kier alpha value is -2.07. The van der Waals surface area contributed by atoms with Gasteiger partial charge < -0.3 is 15.2 Å². The third-order valence-electron chi connectivity index (χ3n) is 2.58. The second-order valence-electron chi connectivity index (χ2n) is 4.17. The molecule has 1 aromatic carbocycles. The molecule has 1 heterocycles. The lowest BCUT2D eigenvalue weighted by Gasteiger charge is -2.08. The summed E-state index contributed by atoms with van der Waals surface area (Å²) < 4.78 is 11.1. The molecular weight excluding hydrogens is 240 g/mol. The fourth-order valence-electron chi connectivity index (χ4n) is 1.77. The van der Waals surface area contributed by atoms with Crippen LogP contribution >= 0.6 is 0 Å². The Kier molecular flexibility index (Phi) is 4.36. The number of benzene rings is 1. The zero-order chi connectivity index (χ0) is 13.7. The Morgan fingerprint density at radius 3 is 2.42 bits per heavy atom. The summed E-state index contributed by atoms with van der Waals surface area (Å²) in [5, 5.41) is 0. The van der Waals surface area contributed by atoms with Crippen molar-refractivity contribution >= 4 is 0 Å². The van der Waals surface area contributed by atoms with Gasteiger partial charge in [0.25, 0.3) is 0 Å². The van der Waals surface area contributed by atoms with Crippen LogP contribution in [-0.2, 0) is 6.54 Å². The smallest absolute Gasteiger partial charge is 0.219 e. The summed E-state index contributed by atoms with van der Waals surface area (Å²) in [6.45, 7) is 5.00. The first-order valence-corrected chi connectivity index (χ1v) is 6.29. The van der Waals surface area contributed by atoms with E-state index >= 15 is 0 Å². The van der Waals surface area contributed by atoms with Crippen LogP contribution in [0.2, 0.25) is 0 Å². The van der Waals surface area contributed by atoms with Gasteiger partial charge in [-0.2, -0.15) is 0 Å². The minimum atomic E-state index is 0.475. The zero-order valence-corrected chi connectivity index (χ0v) is 11.2. The van der Waals surface area contributed by atoms with Crippen molar-refractivity contribution in [2.24, 2.45) is 5.73 Å². The zero-order valence-electron chi connectivity index (χ0n) is 11.2. The normalized spacial score (nSPS) is 10.3. The molecule has 0 saturated heterocycles. The van der Waals surface area contributed by atoms with E-state index in [0.717, 1.165) is 22.8 Å². The average Bonchev–Trinajstić information content (AvgIpc) is 2.40. The van der Waals surface area contributed by atoms with Crippen molar-refractivity contribution in [2.75, 3.05) is 6.61 Å². The summed E-state index contributed by atoms with van der Waals surface area (Å²) in [5.74, 6) is 2.11. The molecule has 4 nitrogen and oxygen atoms in total. The van der Waals surface area contributed by atoms with Crippen LogP contribution in [0.4, 0.5) is 0 Å². The van der Waals surface area contributed by atoms with Crippen molar-refractivity contribution in [1.29, 1.82) is 0 Å². The van der Waals surface area contributed by atoms with Gasteiger partial charge in [-0.1, -0.05) is 0 Å². The fourth-order valence-corrected chi connectivity index (χ4v) is 1.77. The Morgan fingerprint density at radius 1 is 1.11 bits per heavy atom. The standard InChI is InChI=1S/C15H18N2O2/c1-3-18-13-4-6-14(7-5-13)19-15-9-12(10-16)8-11(2)17-15/h4-9H,3,10,16H2,1-2H3. The highest BCUT2D eigenvalue weighted by Gasteiger charge is 2.02. The number of aryl methyl sites for hydroxylation is 1. The number of hydrogen-bond donors (Lipinski definition) is 1. The number of ether oxygens (including phenoxy) is 2. The van der Waals surface area contributed by atoms with Gasteiger partial charge in [-0.25, -0.2) is 4.98 Å². The number of nitrogens with zero attached hydrogens (tertiary/aromatic N) is 1. The Bertz CT molecular complexity index is 538. The number of hydrogen-bond acceptors (Lipinski definition) is 4. The summed E-state index contributed by atoms with van der Waals surface area (Å²) in [7, 11) is 0. The third-order valence-corrected chi connectivity index (χ3v) is 2.58. The maximum absolute atomic E-state index is 5.71. The molecule has 4 heteroatoms. The van der Waals surface area contributed by atoms with Gasteiger partial charge in [0.2, 0.25) is 5.88 Å². The van der Waals surface area contributed by atoms with Gasteiger partial charge in [-0.15, -0.1) is 0 Å². The maximum Gasteiger partial charge on any atom is 0.219 e. The second kappa shape index (κ2) is 6.20. The van der Waals surface area contributed by atoms with E-state index in [1.807, 2.05) is 50.2 Å². The molecule has 0 aliphatic carbocycles. The van der Waals surface area contributed by atoms with Crippen LogP contribution in [0.15, 0.2) is 36.4 Å². The largest absolute Gasteiger partial charge is 0.494 e. The quantitative estimate of drug-likeness (QED) is 0.895. The monoisotopic (exact) mass is 258 g/mol. The van der Waals surface area contributed by atoms with Crippen LogP contribution in [0.25, 0.3) is 0 Å². The molecule has 1 aromatic heterocycles. The lowest BCUT2D eigenvalue weighted by atomic mass is 10.2. The second-order valence-corrected chi connectivity index (χ2v) is 4.17. The summed E-state index contributed by atoms with van der Waals surface area (Å²) in [6, 6.07) is 11.3. The molecule has 2 aromatic rings. The molecule has 0 aliphatic heterocycles. The van der Waals surface area contributed by atoms with Gasteiger partial charge in [0.05, 0.1) is 6.61 Å². The fraction of sp³-hybridized carbons (Fsp3) is 0.267. The van der Waals surface area contributed by atoms with Crippen molar-refractivity contribution in [1.82, 2.24) is 4.98 Å². The molecular formula is C15H18N2O2. The van der Waals surface area contributed by atoms with Crippen LogP contribution < -0.4 is 15.2 Å². The van der Waals surface area contributed by atoms with Crippen LogP contribution in [0.5, 0.6) is 17.4 Å². The molecule has 0 aliphatic rings. The van der Waals surface area contributed by atoms with Crippen LogP contribution in [-0.4, -0.2) is 11.6 Å². The lowest BCUT2D eigenvalue weighted by Crippen LogP contribution is -1.99. The number of rotatable bonds is 5. The molecule has 2 N–H and O–H groups in total. The van der Waals surface area contributed by atoms with Gasteiger partial charge in [0.1, 0.15) is 11.5 Å².